The van der Waals surface area contributed by atoms with Crippen LogP contribution in [0.25, 0.3) is 10.4 Å². The maximum atomic E-state index is 14.2. The number of ether oxygens (including phenoxy) is 1. The number of hydrogen-bond acceptors (Lipinski definition) is 5. The van der Waals surface area contributed by atoms with Crippen molar-refractivity contribution in [2.45, 2.75) is 0 Å². The molecule has 2 fully saturated rings. The molecule has 0 bridgehead atoms. The summed E-state index contributed by atoms with van der Waals surface area (Å²) in [5, 5.41) is 3.38. The maximum Gasteiger partial charge on any atom is 0.242 e. The molecule has 9 heteroatoms. The van der Waals surface area contributed by atoms with Gasteiger partial charge >= 0.3 is 0 Å². The van der Waals surface area contributed by atoms with Crippen LogP contribution in [0.5, 0.6) is 0 Å². The zero-order valence-corrected chi connectivity index (χ0v) is 14.0. The fraction of sp³-hybridized carbons (Fsp3) is 0.562. The second kappa shape index (κ2) is 8.15. The number of hydrogen-bond donors (Lipinski definition) is 0. The minimum Gasteiger partial charge on any atom is -0.379 e. The van der Waals surface area contributed by atoms with E-state index in [1.807, 2.05) is 4.90 Å². The molecule has 1 aromatic carbocycles. The molecule has 0 aromatic heterocycles. The van der Waals surface area contributed by atoms with Crippen LogP contribution in [-0.4, -0.2) is 74.7 Å². The first kappa shape index (κ1) is 17.5. The maximum absolute atomic E-state index is 14.2. The summed E-state index contributed by atoms with van der Waals surface area (Å²) in [7, 11) is 0. The molecule has 25 heavy (non-hydrogen) atoms. The molecule has 1 aromatic rings. The molecule has 2 aliphatic heterocycles. The van der Waals surface area contributed by atoms with Gasteiger partial charge in [-0.2, -0.15) is 0 Å². The highest BCUT2D eigenvalue weighted by Gasteiger charge is 2.26. The molecule has 0 saturated carbocycles. The van der Waals surface area contributed by atoms with Crippen molar-refractivity contribution in [1.29, 1.82) is 0 Å². The van der Waals surface area contributed by atoms with E-state index in [9.17, 15) is 9.18 Å². The monoisotopic (exact) mass is 348 g/mol. The largest absolute Gasteiger partial charge is 0.379 e. The van der Waals surface area contributed by atoms with E-state index < -0.39 is 5.82 Å². The van der Waals surface area contributed by atoms with Crippen molar-refractivity contribution >= 4 is 17.3 Å². The molecular weight excluding hydrogens is 327 g/mol. The van der Waals surface area contributed by atoms with Gasteiger partial charge in [0.2, 0.25) is 5.91 Å². The Morgan fingerprint density at radius 2 is 2.00 bits per heavy atom. The van der Waals surface area contributed by atoms with Gasteiger partial charge in [-0.25, -0.2) is 4.39 Å². The fourth-order valence-corrected chi connectivity index (χ4v) is 3.10. The van der Waals surface area contributed by atoms with E-state index in [4.69, 9.17) is 10.3 Å². The number of amides is 1. The average molecular weight is 348 g/mol. The van der Waals surface area contributed by atoms with Crippen molar-refractivity contribution in [1.82, 2.24) is 9.80 Å². The van der Waals surface area contributed by atoms with Gasteiger partial charge < -0.3 is 14.5 Å². The lowest BCUT2D eigenvalue weighted by atomic mass is 10.2. The third-order valence-electron chi connectivity index (χ3n) is 4.54. The van der Waals surface area contributed by atoms with Crippen LogP contribution in [0.3, 0.4) is 0 Å². The van der Waals surface area contributed by atoms with Gasteiger partial charge in [0.15, 0.2) is 0 Å². The topological polar surface area (TPSA) is 84.8 Å². The summed E-state index contributed by atoms with van der Waals surface area (Å²) in [6, 6.07) is 4.29. The SMILES string of the molecule is [N-]=[N+]=Nc1ccc(N2CCN(CCN3CCOCC3)C(=O)C2)c(F)c1. The molecular formula is C16H21FN6O2. The van der Waals surface area contributed by atoms with Crippen LogP contribution in [-0.2, 0) is 9.53 Å². The third-order valence-corrected chi connectivity index (χ3v) is 4.54. The molecule has 0 unspecified atom stereocenters. The van der Waals surface area contributed by atoms with E-state index in [2.05, 4.69) is 14.9 Å². The van der Waals surface area contributed by atoms with Crippen molar-refractivity contribution in [3.63, 3.8) is 0 Å². The van der Waals surface area contributed by atoms with Crippen LogP contribution in [0.4, 0.5) is 15.8 Å². The highest BCUT2D eigenvalue weighted by atomic mass is 19.1. The summed E-state index contributed by atoms with van der Waals surface area (Å²) in [5.74, 6) is -0.488. The van der Waals surface area contributed by atoms with E-state index in [1.54, 1.807) is 17.0 Å². The molecule has 0 radical (unpaired) electrons. The van der Waals surface area contributed by atoms with Crippen LogP contribution in [0.15, 0.2) is 23.3 Å². The van der Waals surface area contributed by atoms with Gasteiger partial charge in [-0.3, -0.25) is 9.69 Å². The molecule has 3 rings (SSSR count). The Hall–Kier alpha value is -2.35. The minimum absolute atomic E-state index is 0.00182. The van der Waals surface area contributed by atoms with E-state index in [0.29, 0.717) is 25.3 Å². The van der Waals surface area contributed by atoms with Crippen LogP contribution < -0.4 is 4.90 Å². The van der Waals surface area contributed by atoms with Crippen LogP contribution in [0.2, 0.25) is 0 Å². The highest BCUT2D eigenvalue weighted by molar-refractivity contribution is 5.83. The Balaban J connectivity index is 1.56. The Kier molecular flexibility index (Phi) is 5.70. The molecule has 2 aliphatic rings. The number of halogens is 1. The number of anilines is 1. The molecule has 2 saturated heterocycles. The normalized spacial score (nSPS) is 19.0. The first-order valence-corrected chi connectivity index (χ1v) is 8.35. The van der Waals surface area contributed by atoms with Gasteiger partial charge in [-0.15, -0.1) is 0 Å². The van der Waals surface area contributed by atoms with Gasteiger partial charge in [-0.1, -0.05) is 11.2 Å². The van der Waals surface area contributed by atoms with E-state index >= 15 is 0 Å². The summed E-state index contributed by atoms with van der Waals surface area (Å²) in [4.78, 5) is 20.9. The predicted octanol–water partition coefficient (Wildman–Crippen LogP) is 1.75. The molecule has 134 valence electrons. The number of azide groups is 1. The van der Waals surface area contributed by atoms with Crippen LogP contribution >= 0.6 is 0 Å². The Bertz CT molecular complexity index is 673. The molecule has 0 spiro atoms. The Morgan fingerprint density at radius 1 is 1.20 bits per heavy atom. The van der Waals surface area contributed by atoms with Crippen molar-refractivity contribution < 1.29 is 13.9 Å². The summed E-state index contributed by atoms with van der Waals surface area (Å²) in [6.07, 6.45) is 0. The minimum atomic E-state index is -0.487. The Labute approximate surface area is 145 Å². The molecule has 8 nitrogen and oxygen atoms in total. The van der Waals surface area contributed by atoms with Gasteiger partial charge in [0, 0.05) is 49.9 Å². The molecule has 1 amide bonds. The zero-order valence-electron chi connectivity index (χ0n) is 14.0. The summed E-state index contributed by atoms with van der Waals surface area (Å²) >= 11 is 0. The fourth-order valence-electron chi connectivity index (χ4n) is 3.10. The number of morpholine rings is 1. The summed E-state index contributed by atoms with van der Waals surface area (Å²) in [5.41, 5.74) is 8.98. The smallest absolute Gasteiger partial charge is 0.242 e. The quantitative estimate of drug-likeness (QED) is 0.461. The van der Waals surface area contributed by atoms with Gasteiger partial charge in [0.25, 0.3) is 0 Å². The van der Waals surface area contributed by atoms with Gasteiger partial charge in [0.1, 0.15) is 5.82 Å². The lowest BCUT2D eigenvalue weighted by Gasteiger charge is -2.37. The zero-order chi connectivity index (χ0) is 17.6. The third kappa shape index (κ3) is 4.39. The number of piperazine rings is 1. The van der Waals surface area contributed by atoms with Crippen molar-refractivity contribution in [2.75, 3.05) is 63.9 Å². The van der Waals surface area contributed by atoms with Crippen molar-refractivity contribution in [3.8, 4) is 0 Å². The molecule has 0 atom stereocenters. The molecule has 0 N–H and O–H groups in total. The van der Waals surface area contributed by atoms with Gasteiger partial charge in [0.05, 0.1) is 25.4 Å². The van der Waals surface area contributed by atoms with Crippen LogP contribution in [0.1, 0.15) is 0 Å². The van der Waals surface area contributed by atoms with E-state index in [1.165, 1.54) is 6.07 Å². The number of benzene rings is 1. The van der Waals surface area contributed by atoms with Crippen molar-refractivity contribution in [3.05, 3.63) is 34.5 Å². The number of carbonyl (C=O) groups is 1. The average Bonchev–Trinajstić information content (AvgIpc) is 2.62. The first-order chi connectivity index (χ1) is 12.2. The van der Waals surface area contributed by atoms with Crippen LogP contribution in [0, 0.1) is 5.82 Å². The van der Waals surface area contributed by atoms with E-state index in [-0.39, 0.29) is 18.1 Å². The second-order valence-electron chi connectivity index (χ2n) is 6.08. The number of carbonyl (C=O) groups excluding carboxylic acids is 1. The Morgan fingerprint density at radius 3 is 2.68 bits per heavy atom. The summed E-state index contributed by atoms with van der Waals surface area (Å²) < 4.78 is 19.5. The van der Waals surface area contributed by atoms with Crippen molar-refractivity contribution in [2.24, 2.45) is 5.11 Å². The number of rotatable bonds is 5. The lowest BCUT2D eigenvalue weighted by molar-refractivity contribution is -0.131. The predicted molar refractivity (Wildman–Crippen MR) is 91.3 cm³/mol. The lowest BCUT2D eigenvalue weighted by Crippen LogP contribution is -2.53. The molecule has 2 heterocycles. The summed E-state index contributed by atoms with van der Waals surface area (Å²) in [6.45, 7) is 6.11. The van der Waals surface area contributed by atoms with E-state index in [0.717, 1.165) is 32.8 Å². The number of nitrogens with zero attached hydrogens (tertiary/aromatic N) is 6. The molecule has 0 aliphatic carbocycles. The second-order valence-corrected chi connectivity index (χ2v) is 6.08. The first-order valence-electron chi connectivity index (χ1n) is 8.35. The van der Waals surface area contributed by atoms with Gasteiger partial charge in [-0.05, 0) is 17.7 Å². The highest BCUT2D eigenvalue weighted by Crippen LogP contribution is 2.25. The standard InChI is InChI=1S/C16H21FN6O2/c17-14-11-13(19-20-18)1-2-15(14)23-6-5-22(16(24)12-23)4-3-21-7-9-25-10-8-21/h1-2,11H,3-10,12H2.